The van der Waals surface area contributed by atoms with Gasteiger partial charge in [0.05, 0.1) is 18.4 Å². The molecule has 4 rings (SSSR count). The maximum absolute atomic E-state index is 12.1. The fraction of sp³-hybridized carbons (Fsp3) is 0.471. The lowest BCUT2D eigenvalue weighted by molar-refractivity contribution is -0.118. The van der Waals surface area contributed by atoms with Crippen LogP contribution in [0.3, 0.4) is 0 Å². The molecule has 0 aliphatic carbocycles. The Morgan fingerprint density at radius 2 is 2.26 bits per heavy atom. The number of ether oxygens (including phenoxy) is 3. The van der Waals surface area contributed by atoms with Crippen molar-refractivity contribution < 1.29 is 19.0 Å². The van der Waals surface area contributed by atoms with E-state index < -0.39 is 0 Å². The number of benzene rings is 1. The minimum atomic E-state index is -0.284. The van der Waals surface area contributed by atoms with E-state index in [1.807, 2.05) is 18.2 Å². The second-order valence-electron chi connectivity index (χ2n) is 6.31. The molecule has 9 nitrogen and oxygen atoms in total. The summed E-state index contributed by atoms with van der Waals surface area (Å²) in [6.07, 6.45) is 1.96. The van der Waals surface area contributed by atoms with Gasteiger partial charge in [0.2, 0.25) is 12.7 Å². The fourth-order valence-electron chi connectivity index (χ4n) is 3.00. The minimum Gasteiger partial charge on any atom is -0.454 e. The van der Waals surface area contributed by atoms with Crippen molar-refractivity contribution in [2.75, 3.05) is 19.2 Å². The molecule has 1 atom stereocenters. The molecule has 1 amide bonds. The van der Waals surface area contributed by atoms with Gasteiger partial charge >= 0.3 is 5.69 Å². The molecule has 0 saturated carbocycles. The molecule has 0 unspecified atom stereocenters. The van der Waals surface area contributed by atoms with E-state index >= 15 is 0 Å². The molecule has 27 heavy (non-hydrogen) atoms. The van der Waals surface area contributed by atoms with Crippen molar-refractivity contribution in [2.45, 2.75) is 37.2 Å². The molecule has 0 bridgehead atoms. The predicted molar refractivity (Wildman–Crippen MR) is 97.0 cm³/mol. The Hall–Kier alpha value is -2.46. The number of hydrogen-bond donors (Lipinski definition) is 2. The van der Waals surface area contributed by atoms with Crippen LogP contribution in [0, 0.1) is 0 Å². The number of fused-ring (bicyclic) bond motifs is 1. The summed E-state index contributed by atoms with van der Waals surface area (Å²) in [5.74, 6) is 1.42. The number of nitrogens with one attached hydrogen (secondary N) is 2. The van der Waals surface area contributed by atoms with Gasteiger partial charge in [-0.05, 0) is 30.5 Å². The first kappa shape index (κ1) is 17.9. The molecular formula is C17H20N4O5S. The summed E-state index contributed by atoms with van der Waals surface area (Å²) in [4.78, 5) is 24.1. The maximum atomic E-state index is 12.1. The highest BCUT2D eigenvalue weighted by molar-refractivity contribution is 7.99. The lowest BCUT2D eigenvalue weighted by Crippen LogP contribution is -2.26. The monoisotopic (exact) mass is 392 g/mol. The van der Waals surface area contributed by atoms with Crippen molar-refractivity contribution in [2.24, 2.45) is 0 Å². The summed E-state index contributed by atoms with van der Waals surface area (Å²) in [6.45, 7) is 1.79. The quantitative estimate of drug-likeness (QED) is 0.674. The van der Waals surface area contributed by atoms with Gasteiger partial charge in [-0.25, -0.2) is 9.89 Å². The summed E-state index contributed by atoms with van der Waals surface area (Å²) >= 11 is 1.22. The topological polar surface area (TPSA) is 107 Å². The van der Waals surface area contributed by atoms with E-state index in [2.05, 4.69) is 15.5 Å². The third-order valence-electron chi connectivity index (χ3n) is 4.39. The number of rotatable bonds is 7. The first-order valence-corrected chi connectivity index (χ1v) is 9.72. The lowest BCUT2D eigenvalue weighted by Gasteiger charge is -2.11. The second-order valence-corrected chi connectivity index (χ2v) is 7.25. The third-order valence-corrected chi connectivity index (χ3v) is 5.37. The summed E-state index contributed by atoms with van der Waals surface area (Å²) in [6, 6.07) is 5.56. The number of aromatic nitrogens is 3. The van der Waals surface area contributed by atoms with Gasteiger partial charge in [0.1, 0.15) is 0 Å². The highest BCUT2D eigenvalue weighted by Crippen LogP contribution is 2.32. The highest BCUT2D eigenvalue weighted by atomic mass is 32.2. The SMILES string of the molecule is O=C(CSc1n[nH]c(=O)n1C[C@H]1CCCO1)NCc1ccc2c(c1)OCO2. The van der Waals surface area contributed by atoms with Crippen molar-refractivity contribution in [1.82, 2.24) is 20.1 Å². The largest absolute Gasteiger partial charge is 0.454 e. The van der Waals surface area contributed by atoms with Crippen LogP contribution in [-0.2, 0) is 22.6 Å². The molecule has 144 valence electrons. The Morgan fingerprint density at radius 1 is 1.37 bits per heavy atom. The Bertz CT molecular complexity index is 874. The number of carbonyl (C=O) groups is 1. The molecule has 0 spiro atoms. The van der Waals surface area contributed by atoms with Crippen molar-refractivity contribution in [3.8, 4) is 11.5 Å². The number of H-pyrrole nitrogens is 1. The molecule has 1 aromatic heterocycles. The number of nitrogens with zero attached hydrogens (tertiary/aromatic N) is 2. The molecule has 2 aromatic rings. The molecular weight excluding hydrogens is 372 g/mol. The second kappa shape index (κ2) is 8.05. The Kier molecular flexibility index (Phi) is 5.35. The smallest absolute Gasteiger partial charge is 0.344 e. The van der Waals surface area contributed by atoms with E-state index in [-0.39, 0.29) is 30.2 Å². The average Bonchev–Trinajstić information content (AvgIpc) is 3.41. The van der Waals surface area contributed by atoms with E-state index in [0.717, 1.165) is 25.0 Å². The Morgan fingerprint density at radius 3 is 3.11 bits per heavy atom. The van der Waals surface area contributed by atoms with E-state index in [9.17, 15) is 9.59 Å². The van der Waals surface area contributed by atoms with Crippen molar-refractivity contribution >= 4 is 17.7 Å². The normalized spacial score (nSPS) is 18.0. The van der Waals surface area contributed by atoms with Gasteiger partial charge in [-0.2, -0.15) is 0 Å². The molecule has 2 N–H and O–H groups in total. The Labute approximate surface area is 159 Å². The summed E-state index contributed by atoms with van der Waals surface area (Å²) < 4.78 is 17.7. The van der Waals surface area contributed by atoms with Gasteiger partial charge in [0.15, 0.2) is 16.7 Å². The van der Waals surface area contributed by atoms with Gasteiger partial charge in [-0.3, -0.25) is 9.36 Å². The lowest BCUT2D eigenvalue weighted by atomic mass is 10.2. The number of carbonyl (C=O) groups excluding carboxylic acids is 1. The average molecular weight is 392 g/mol. The molecule has 2 aliphatic rings. The fourth-order valence-corrected chi connectivity index (χ4v) is 3.78. The van der Waals surface area contributed by atoms with E-state index in [1.165, 1.54) is 16.3 Å². The summed E-state index contributed by atoms with van der Waals surface area (Å²) in [5.41, 5.74) is 0.640. The molecule has 1 fully saturated rings. The zero-order chi connectivity index (χ0) is 18.6. The summed E-state index contributed by atoms with van der Waals surface area (Å²) in [7, 11) is 0. The zero-order valence-corrected chi connectivity index (χ0v) is 15.4. The van der Waals surface area contributed by atoms with Crippen LogP contribution in [-0.4, -0.2) is 45.9 Å². The minimum absolute atomic E-state index is 0.0273. The first-order chi connectivity index (χ1) is 13.2. The predicted octanol–water partition coefficient (Wildman–Crippen LogP) is 0.888. The third kappa shape index (κ3) is 4.28. The van der Waals surface area contributed by atoms with Gasteiger partial charge in [-0.1, -0.05) is 17.8 Å². The summed E-state index contributed by atoms with van der Waals surface area (Å²) in [5, 5.41) is 9.80. The highest BCUT2D eigenvalue weighted by Gasteiger charge is 2.20. The van der Waals surface area contributed by atoms with E-state index in [0.29, 0.717) is 29.7 Å². The van der Waals surface area contributed by atoms with Gasteiger partial charge in [-0.15, -0.1) is 5.10 Å². The molecule has 10 heteroatoms. The van der Waals surface area contributed by atoms with E-state index in [1.54, 1.807) is 0 Å². The van der Waals surface area contributed by atoms with Crippen LogP contribution in [0.2, 0.25) is 0 Å². The Balaban J connectivity index is 1.28. The number of amides is 1. The molecule has 0 radical (unpaired) electrons. The molecule has 2 aliphatic heterocycles. The van der Waals surface area contributed by atoms with Gasteiger partial charge in [0, 0.05) is 13.2 Å². The number of hydrogen-bond acceptors (Lipinski definition) is 7. The van der Waals surface area contributed by atoms with Crippen LogP contribution in [0.15, 0.2) is 28.2 Å². The molecule has 1 aromatic carbocycles. The van der Waals surface area contributed by atoms with Crippen LogP contribution in [0.1, 0.15) is 18.4 Å². The van der Waals surface area contributed by atoms with Crippen LogP contribution in [0.4, 0.5) is 0 Å². The van der Waals surface area contributed by atoms with Crippen molar-refractivity contribution in [1.29, 1.82) is 0 Å². The van der Waals surface area contributed by atoms with Crippen LogP contribution >= 0.6 is 11.8 Å². The van der Waals surface area contributed by atoms with Crippen LogP contribution in [0.5, 0.6) is 11.5 Å². The van der Waals surface area contributed by atoms with Crippen molar-refractivity contribution in [3.05, 3.63) is 34.2 Å². The van der Waals surface area contributed by atoms with Crippen molar-refractivity contribution in [3.63, 3.8) is 0 Å². The molecule has 3 heterocycles. The van der Waals surface area contributed by atoms with E-state index in [4.69, 9.17) is 14.2 Å². The van der Waals surface area contributed by atoms with Crippen LogP contribution < -0.4 is 20.5 Å². The number of aromatic amines is 1. The maximum Gasteiger partial charge on any atom is 0.344 e. The van der Waals surface area contributed by atoms with Crippen LogP contribution in [0.25, 0.3) is 0 Å². The standard InChI is InChI=1S/C17H20N4O5S/c22-15(18-7-11-3-4-13-14(6-11)26-10-25-13)9-27-17-20-19-16(23)21(17)8-12-2-1-5-24-12/h3-4,6,12H,1-2,5,7-10H2,(H,18,22)(H,19,23)/t12-/m1/s1. The zero-order valence-electron chi connectivity index (χ0n) is 14.6. The molecule has 1 saturated heterocycles. The van der Waals surface area contributed by atoms with Gasteiger partial charge in [0.25, 0.3) is 0 Å². The first-order valence-electron chi connectivity index (χ1n) is 8.74. The number of thioether (sulfide) groups is 1. The van der Waals surface area contributed by atoms with Gasteiger partial charge < -0.3 is 19.5 Å².